The minimum absolute atomic E-state index is 0.0225. The molecule has 3 aromatic rings. The summed E-state index contributed by atoms with van der Waals surface area (Å²) in [6.45, 7) is 0. The predicted octanol–water partition coefficient (Wildman–Crippen LogP) is 3.41. The average molecular weight is 271 g/mol. The summed E-state index contributed by atoms with van der Waals surface area (Å²) in [7, 11) is 0. The van der Waals surface area contributed by atoms with Crippen LogP contribution in [0.1, 0.15) is 15.9 Å². The summed E-state index contributed by atoms with van der Waals surface area (Å²) in [5.74, 6) is 0.0225. The van der Waals surface area contributed by atoms with Crippen LogP contribution in [0.4, 0.5) is 0 Å². The molecule has 0 amide bonds. The first-order chi connectivity index (χ1) is 9.25. The van der Waals surface area contributed by atoms with E-state index in [9.17, 15) is 4.79 Å². The zero-order valence-corrected chi connectivity index (χ0v) is 10.8. The first-order valence-corrected chi connectivity index (χ1v) is 6.32. The van der Waals surface area contributed by atoms with Crippen molar-refractivity contribution in [2.75, 3.05) is 0 Å². The lowest BCUT2D eigenvalue weighted by Gasteiger charge is -2.02. The molecular weight excluding hydrogens is 260 g/mol. The molecule has 0 bridgehead atoms. The highest BCUT2D eigenvalue weighted by atomic mass is 35.5. The first kappa shape index (κ1) is 11.9. The summed E-state index contributed by atoms with van der Waals surface area (Å²) in [6.07, 6.45) is 3.71. The van der Waals surface area contributed by atoms with Gasteiger partial charge in [0.1, 0.15) is 0 Å². The number of carbonyl (C=O) groups excluding carboxylic acids is 1. The van der Waals surface area contributed by atoms with Gasteiger partial charge in [-0.3, -0.25) is 4.79 Å². The van der Waals surface area contributed by atoms with E-state index in [-0.39, 0.29) is 12.2 Å². The van der Waals surface area contributed by atoms with Gasteiger partial charge in [0.25, 0.3) is 0 Å². The van der Waals surface area contributed by atoms with E-state index in [4.69, 9.17) is 11.6 Å². The lowest BCUT2D eigenvalue weighted by molar-refractivity contribution is 0.0994. The van der Waals surface area contributed by atoms with Crippen LogP contribution in [0.5, 0.6) is 0 Å². The Morgan fingerprint density at radius 2 is 1.95 bits per heavy atom. The summed E-state index contributed by atoms with van der Waals surface area (Å²) in [5.41, 5.74) is 2.28. The van der Waals surface area contributed by atoms with E-state index >= 15 is 0 Å². The van der Waals surface area contributed by atoms with Crippen molar-refractivity contribution >= 4 is 22.9 Å². The van der Waals surface area contributed by atoms with E-state index in [0.717, 1.165) is 11.1 Å². The van der Waals surface area contributed by atoms with E-state index in [1.54, 1.807) is 16.8 Å². The molecule has 3 rings (SSSR count). The molecule has 0 radical (unpaired) electrons. The number of ketones is 1. The molecule has 0 fully saturated rings. The number of benzene rings is 1. The lowest BCUT2D eigenvalue weighted by Crippen LogP contribution is -2.03. The highest BCUT2D eigenvalue weighted by Crippen LogP contribution is 2.19. The standard InChI is InChI=1S/C15H11ClN2O/c16-13-6-2-1-5-11(13)9-15(19)12-10-17-18-8-4-3-7-14(12)18/h1-8,10H,9H2. The molecule has 4 heteroatoms. The summed E-state index contributed by atoms with van der Waals surface area (Å²) in [6, 6.07) is 13.0. The fourth-order valence-electron chi connectivity index (χ4n) is 2.06. The van der Waals surface area contributed by atoms with Crippen LogP contribution in [0.2, 0.25) is 5.02 Å². The second-order valence-corrected chi connectivity index (χ2v) is 4.69. The predicted molar refractivity (Wildman–Crippen MR) is 74.7 cm³/mol. The molecule has 0 N–H and O–H groups in total. The van der Waals surface area contributed by atoms with Crippen LogP contribution < -0.4 is 0 Å². The van der Waals surface area contributed by atoms with Crippen molar-refractivity contribution in [2.24, 2.45) is 0 Å². The van der Waals surface area contributed by atoms with Crippen molar-refractivity contribution in [3.8, 4) is 0 Å². The number of pyridine rings is 1. The minimum Gasteiger partial charge on any atom is -0.294 e. The second-order valence-electron chi connectivity index (χ2n) is 4.28. The molecule has 0 unspecified atom stereocenters. The van der Waals surface area contributed by atoms with Crippen LogP contribution in [-0.4, -0.2) is 15.4 Å². The van der Waals surface area contributed by atoms with Crippen molar-refractivity contribution in [3.05, 3.63) is 71.0 Å². The maximum absolute atomic E-state index is 12.3. The number of aromatic nitrogens is 2. The molecule has 2 aromatic heterocycles. The maximum atomic E-state index is 12.3. The van der Waals surface area contributed by atoms with Crippen LogP contribution in [-0.2, 0) is 6.42 Å². The second kappa shape index (κ2) is 4.86. The zero-order valence-electron chi connectivity index (χ0n) is 10.1. The number of Topliss-reactive ketones (excluding diaryl/α,β-unsaturated/α-hetero) is 1. The Morgan fingerprint density at radius 3 is 2.79 bits per heavy atom. The molecule has 2 heterocycles. The van der Waals surface area contributed by atoms with E-state index < -0.39 is 0 Å². The number of hydrogen-bond donors (Lipinski definition) is 0. The molecule has 19 heavy (non-hydrogen) atoms. The number of fused-ring (bicyclic) bond motifs is 1. The lowest BCUT2D eigenvalue weighted by atomic mass is 10.0. The molecule has 1 aromatic carbocycles. The molecule has 0 saturated heterocycles. The van der Waals surface area contributed by atoms with Gasteiger partial charge in [-0.1, -0.05) is 35.9 Å². The third-order valence-corrected chi connectivity index (χ3v) is 3.40. The highest BCUT2D eigenvalue weighted by molar-refractivity contribution is 6.31. The van der Waals surface area contributed by atoms with Crippen LogP contribution in [0, 0.1) is 0 Å². The van der Waals surface area contributed by atoms with Crippen LogP contribution in [0.25, 0.3) is 5.52 Å². The molecule has 0 spiro atoms. The number of nitrogens with zero attached hydrogens (tertiary/aromatic N) is 2. The highest BCUT2D eigenvalue weighted by Gasteiger charge is 2.14. The van der Waals surface area contributed by atoms with Gasteiger partial charge in [0.05, 0.1) is 17.3 Å². The molecule has 0 aliphatic carbocycles. The Morgan fingerprint density at radius 1 is 1.16 bits per heavy atom. The third kappa shape index (κ3) is 2.25. The zero-order chi connectivity index (χ0) is 13.2. The quantitative estimate of drug-likeness (QED) is 0.684. The van der Waals surface area contributed by atoms with Crippen molar-refractivity contribution in [3.63, 3.8) is 0 Å². The Hall–Kier alpha value is -2.13. The van der Waals surface area contributed by atoms with Crippen molar-refractivity contribution < 1.29 is 4.79 Å². The van der Waals surface area contributed by atoms with Gasteiger partial charge in [0, 0.05) is 17.6 Å². The largest absolute Gasteiger partial charge is 0.294 e. The van der Waals surface area contributed by atoms with Crippen molar-refractivity contribution in [1.82, 2.24) is 9.61 Å². The summed E-state index contributed by atoms with van der Waals surface area (Å²) < 4.78 is 1.69. The smallest absolute Gasteiger partial charge is 0.171 e. The van der Waals surface area contributed by atoms with Gasteiger partial charge < -0.3 is 0 Å². The molecule has 3 nitrogen and oxygen atoms in total. The van der Waals surface area contributed by atoms with Gasteiger partial charge in [-0.15, -0.1) is 0 Å². The van der Waals surface area contributed by atoms with Crippen LogP contribution in [0.15, 0.2) is 54.9 Å². The minimum atomic E-state index is 0.0225. The molecule has 0 atom stereocenters. The summed E-state index contributed by atoms with van der Waals surface area (Å²) in [4.78, 5) is 12.3. The summed E-state index contributed by atoms with van der Waals surface area (Å²) >= 11 is 6.07. The first-order valence-electron chi connectivity index (χ1n) is 5.94. The average Bonchev–Trinajstić information content (AvgIpc) is 2.85. The van der Waals surface area contributed by atoms with Gasteiger partial charge in [0.15, 0.2) is 5.78 Å². The molecule has 0 saturated carbocycles. The summed E-state index contributed by atoms with van der Waals surface area (Å²) in [5, 5.41) is 4.78. The SMILES string of the molecule is O=C(Cc1ccccc1Cl)c1cnn2ccccc12. The molecule has 0 aliphatic heterocycles. The Kier molecular flexibility index (Phi) is 3.05. The maximum Gasteiger partial charge on any atom is 0.171 e. The fraction of sp³-hybridized carbons (Fsp3) is 0.0667. The topological polar surface area (TPSA) is 34.4 Å². The number of hydrogen-bond acceptors (Lipinski definition) is 2. The van der Waals surface area contributed by atoms with E-state index in [2.05, 4.69) is 5.10 Å². The normalized spacial score (nSPS) is 10.8. The number of carbonyl (C=O) groups is 1. The Labute approximate surface area is 115 Å². The monoisotopic (exact) mass is 270 g/mol. The van der Waals surface area contributed by atoms with E-state index in [0.29, 0.717) is 10.6 Å². The van der Waals surface area contributed by atoms with Gasteiger partial charge >= 0.3 is 0 Å². The van der Waals surface area contributed by atoms with Gasteiger partial charge in [0.2, 0.25) is 0 Å². The molecule has 0 aliphatic rings. The van der Waals surface area contributed by atoms with Gasteiger partial charge in [-0.2, -0.15) is 5.10 Å². The molecular formula is C15H11ClN2O. The van der Waals surface area contributed by atoms with Gasteiger partial charge in [-0.25, -0.2) is 4.52 Å². The van der Waals surface area contributed by atoms with Crippen LogP contribution >= 0.6 is 11.6 Å². The Balaban J connectivity index is 1.95. The van der Waals surface area contributed by atoms with Crippen molar-refractivity contribution in [2.45, 2.75) is 6.42 Å². The van der Waals surface area contributed by atoms with E-state index in [1.165, 1.54) is 0 Å². The third-order valence-electron chi connectivity index (χ3n) is 3.04. The van der Waals surface area contributed by atoms with Crippen molar-refractivity contribution in [1.29, 1.82) is 0 Å². The van der Waals surface area contributed by atoms with Gasteiger partial charge in [-0.05, 0) is 23.8 Å². The number of halogens is 1. The Bertz CT molecular complexity index is 748. The van der Waals surface area contributed by atoms with E-state index in [1.807, 2.05) is 42.6 Å². The fourth-order valence-corrected chi connectivity index (χ4v) is 2.26. The number of rotatable bonds is 3. The molecule has 94 valence electrons. The van der Waals surface area contributed by atoms with Crippen LogP contribution in [0.3, 0.4) is 0 Å².